The van der Waals surface area contributed by atoms with Gasteiger partial charge in [-0.2, -0.15) is 4.58 Å². The van der Waals surface area contributed by atoms with Crippen LogP contribution in [0.4, 0.5) is 16.2 Å². The number of ketones is 2. The van der Waals surface area contributed by atoms with Crippen LogP contribution in [0.2, 0.25) is 0 Å². The first-order valence-electron chi connectivity index (χ1n) is 33.9. The Bertz CT molecular complexity index is 3510. The number of carboxylic acids is 4. The zero-order chi connectivity index (χ0) is 70.0. The van der Waals surface area contributed by atoms with Gasteiger partial charge in [0.25, 0.3) is 0 Å². The number of unbranched alkanes of at least 4 members (excludes halogenated alkanes) is 9. The number of allylic oxidation sites excluding steroid dienone is 7. The molecule has 0 saturated heterocycles. The van der Waals surface area contributed by atoms with Gasteiger partial charge in [0.15, 0.2) is 5.71 Å². The fraction of sp³-hybridized carbons (Fsp3) is 0.514. The van der Waals surface area contributed by atoms with E-state index in [1.54, 1.807) is 6.07 Å². The second-order valence-corrected chi connectivity index (χ2v) is 27.6. The van der Waals surface area contributed by atoms with Gasteiger partial charge in [-0.3, -0.25) is 24.0 Å². The van der Waals surface area contributed by atoms with Crippen molar-refractivity contribution in [3.63, 3.8) is 0 Å². The molecule has 520 valence electrons. The smallest absolute Gasteiger partial charge is 0.326 e. The second-order valence-electron chi connectivity index (χ2n) is 26.2. The Morgan fingerprint density at radius 1 is 0.656 bits per heavy atom. The van der Waals surface area contributed by atoms with Gasteiger partial charge < -0.3 is 50.6 Å². The van der Waals surface area contributed by atoms with E-state index in [-0.39, 0.29) is 66.4 Å². The van der Waals surface area contributed by atoms with E-state index in [2.05, 4.69) is 87.8 Å². The summed E-state index contributed by atoms with van der Waals surface area (Å²) >= 11 is 0. The number of anilines is 1. The number of urea groups is 1. The van der Waals surface area contributed by atoms with Crippen LogP contribution in [0.3, 0.4) is 0 Å². The van der Waals surface area contributed by atoms with E-state index in [1.165, 1.54) is 29.1 Å². The molecule has 3 aromatic carbocycles. The highest BCUT2D eigenvalue weighted by molar-refractivity contribution is 7.85. The lowest BCUT2D eigenvalue weighted by Gasteiger charge is -2.27. The average molecular weight is 1340 g/mol. The number of carbonyl (C=O) groups is 8. The third-order valence-corrected chi connectivity index (χ3v) is 19.1. The van der Waals surface area contributed by atoms with Crippen molar-refractivity contribution in [2.75, 3.05) is 24.5 Å². The molecular formula is C74H97N5O16S. The monoisotopic (exact) mass is 1340 g/mol. The lowest BCUT2D eigenvalue weighted by Crippen LogP contribution is -2.51. The molecule has 7 N–H and O–H groups in total. The molecule has 0 bridgehead atoms. The number of hydrogen-bond acceptors (Lipinski definition) is 13. The number of carbonyl (C=O) groups excluding carboxylic acids is 4. The van der Waals surface area contributed by atoms with Crippen molar-refractivity contribution in [3.05, 3.63) is 138 Å². The molecule has 21 nitrogen and oxygen atoms in total. The summed E-state index contributed by atoms with van der Waals surface area (Å²) in [4.78, 5) is 98.4. The Kier molecular flexibility index (Phi) is 29.8. The van der Waals surface area contributed by atoms with E-state index in [0.29, 0.717) is 102 Å². The summed E-state index contributed by atoms with van der Waals surface area (Å²) < 4.78 is 46.3. The van der Waals surface area contributed by atoms with E-state index in [4.69, 9.17) is 16.8 Å². The minimum atomic E-state index is -4.74. The second kappa shape index (κ2) is 37.3. The lowest BCUT2D eigenvalue weighted by molar-refractivity contribution is -0.438. The molecule has 0 saturated carbocycles. The van der Waals surface area contributed by atoms with Gasteiger partial charge >= 0.3 is 29.9 Å². The molecule has 0 aromatic heterocycles. The number of carboxylic acid groups (broad SMARTS) is 4. The highest BCUT2D eigenvalue weighted by Crippen LogP contribution is 2.49. The van der Waals surface area contributed by atoms with Gasteiger partial charge in [0, 0.05) is 92.5 Å². The lowest BCUT2D eigenvalue weighted by atomic mass is 9.81. The topological polar surface area (TPSA) is 326 Å². The number of benzene rings is 3. The third kappa shape index (κ3) is 23.0. The van der Waals surface area contributed by atoms with E-state index in [1.807, 2.05) is 44.2 Å². The standard InChI is InChI=1S/C74H97N5O16S/c1-6-7-47-78-62-36-21-20-34-58(62)73(2,3)64(78)43-38-51-27-25-28-52(68(51)95-56-32-17-11-18-33-56)39-44-65-74(4,5)59-50-57(96(92,93)94)40-42-63(59)79(65)48-24-12-16-30-54(80)29-15-10-13-26-53(69(85)86)49-55(81)31-14-8-9-19-37-66(82)75-46-23-22-35-60(70(87)88)76-72(91)77-61(71(89)90)41-45-67(83)84/h1,11,17-18,20-21,32-34,36,38-40,42-44,50,53,60-61H,6-10,12-16,19,22-31,35,37,41,45-49H2,2-5H3,(H7-,75,76,77,82,83,84,85,86,87,88,89,90,91,92,93,94)/t53?,60-,61-/m0/s1. The number of amides is 3. The SMILES string of the molecule is [CH]CCC[N+]1=C(/C=C/C2=C(Oc3ccccc3)C(=C/C=C3/N(CCCCCC(=O)CCCCCC(CC(=O)CCCCCCC(=O)NCCCC[C@H](NC(=O)N[C@@H](CCC(=O)O)C(=O)O)C(=O)O)C(=O)O)c4ccc(S(=O)(=O)[O-])cc4C3(C)C)/CCC2)C(C)(C)c2ccccc21. The van der Waals surface area contributed by atoms with Crippen LogP contribution in [0.15, 0.2) is 125 Å². The minimum Gasteiger partial charge on any atom is -0.744 e. The zero-order valence-electron chi connectivity index (χ0n) is 56.0. The number of rotatable bonds is 43. The molecule has 2 aliphatic heterocycles. The van der Waals surface area contributed by atoms with E-state index in [0.717, 1.165) is 78.9 Å². The average Bonchev–Trinajstić information content (AvgIpc) is 1.59. The summed E-state index contributed by atoms with van der Waals surface area (Å²) in [5, 5.41) is 44.5. The third-order valence-electron chi connectivity index (χ3n) is 18.2. The Labute approximate surface area is 565 Å². The van der Waals surface area contributed by atoms with Gasteiger partial charge in [-0.25, -0.2) is 22.8 Å². The van der Waals surface area contributed by atoms with Crippen molar-refractivity contribution in [1.82, 2.24) is 16.0 Å². The van der Waals surface area contributed by atoms with Gasteiger partial charge in [0.05, 0.1) is 16.2 Å². The summed E-state index contributed by atoms with van der Waals surface area (Å²) in [6.45, 7) is 16.3. The largest absolute Gasteiger partial charge is 0.744 e. The maximum Gasteiger partial charge on any atom is 0.326 e. The van der Waals surface area contributed by atoms with Crippen molar-refractivity contribution < 1.29 is 81.1 Å². The van der Waals surface area contributed by atoms with Crippen molar-refractivity contribution in [1.29, 1.82) is 0 Å². The molecule has 0 fully saturated rings. The first kappa shape index (κ1) is 76.8. The zero-order valence-corrected chi connectivity index (χ0v) is 56.9. The van der Waals surface area contributed by atoms with Gasteiger partial charge in [-0.05, 0) is 170 Å². The molecular weight excluding hydrogens is 1250 g/mol. The summed E-state index contributed by atoms with van der Waals surface area (Å²) in [5.74, 6) is -4.62. The predicted molar refractivity (Wildman–Crippen MR) is 364 cm³/mol. The minimum absolute atomic E-state index is 0.00164. The highest BCUT2D eigenvalue weighted by atomic mass is 32.2. The maximum absolute atomic E-state index is 13.1. The molecule has 0 spiro atoms. The summed E-state index contributed by atoms with van der Waals surface area (Å²) in [6.07, 6.45) is 20.3. The molecule has 1 aliphatic carbocycles. The van der Waals surface area contributed by atoms with Crippen LogP contribution in [0, 0.1) is 12.8 Å². The Hall–Kier alpha value is -8.24. The van der Waals surface area contributed by atoms with E-state index in [9.17, 15) is 66.6 Å². The van der Waals surface area contributed by atoms with Crippen LogP contribution in [0.5, 0.6) is 5.75 Å². The number of aliphatic carboxylic acids is 4. The Morgan fingerprint density at radius 3 is 1.94 bits per heavy atom. The normalized spacial score (nSPS) is 16.7. The van der Waals surface area contributed by atoms with Crippen molar-refractivity contribution in [3.8, 4) is 5.75 Å². The fourth-order valence-electron chi connectivity index (χ4n) is 12.9. The van der Waals surface area contributed by atoms with E-state index < -0.39 is 69.9 Å². The molecule has 1 unspecified atom stereocenters. The van der Waals surface area contributed by atoms with Gasteiger partial charge in [0.1, 0.15) is 51.8 Å². The number of ether oxygens (including phenoxy) is 1. The predicted octanol–water partition coefficient (Wildman–Crippen LogP) is 12.6. The highest BCUT2D eigenvalue weighted by Gasteiger charge is 2.44. The molecule has 3 aromatic rings. The van der Waals surface area contributed by atoms with Crippen LogP contribution in [0.25, 0.3) is 0 Å². The van der Waals surface area contributed by atoms with Crippen molar-refractivity contribution >= 4 is 74.6 Å². The molecule has 2 radical (unpaired) electrons. The van der Waals surface area contributed by atoms with Gasteiger partial charge in [0.2, 0.25) is 11.6 Å². The summed E-state index contributed by atoms with van der Waals surface area (Å²) in [5.41, 5.74) is 7.26. The first-order valence-corrected chi connectivity index (χ1v) is 35.3. The number of nitrogens with one attached hydrogen (secondary N) is 3. The molecule has 3 atom stereocenters. The molecule has 3 amide bonds. The number of hydrogen-bond donors (Lipinski definition) is 7. The van der Waals surface area contributed by atoms with Crippen LogP contribution in [0.1, 0.15) is 206 Å². The van der Waals surface area contributed by atoms with E-state index >= 15 is 0 Å². The number of nitrogens with zero attached hydrogens (tertiary/aromatic N) is 2. The number of fused-ring (bicyclic) bond motifs is 2. The summed E-state index contributed by atoms with van der Waals surface area (Å²) in [7, 11) is -4.74. The quantitative estimate of drug-likeness (QED) is 0.0157. The molecule has 3 aliphatic rings. The van der Waals surface area contributed by atoms with Crippen molar-refractivity contribution in [2.45, 2.75) is 222 Å². The molecule has 96 heavy (non-hydrogen) atoms. The van der Waals surface area contributed by atoms with Crippen LogP contribution >= 0.6 is 0 Å². The molecule has 6 rings (SSSR count). The number of Topliss-reactive ketones (excluding diaryl/α,β-unsaturated/α-hetero) is 2. The van der Waals surface area contributed by atoms with Crippen molar-refractivity contribution in [2.24, 2.45) is 5.92 Å². The van der Waals surface area contributed by atoms with Crippen LogP contribution < -0.4 is 25.6 Å². The first-order chi connectivity index (χ1) is 45.7. The van der Waals surface area contributed by atoms with Crippen LogP contribution in [-0.2, 0) is 54.5 Å². The maximum atomic E-state index is 13.1. The van der Waals surface area contributed by atoms with Gasteiger partial charge in [-0.15, -0.1) is 0 Å². The molecule has 22 heteroatoms. The molecule has 2 heterocycles. The summed E-state index contributed by atoms with van der Waals surface area (Å²) in [6, 6.07) is 19.0. The van der Waals surface area contributed by atoms with Crippen LogP contribution in [-0.4, -0.2) is 123 Å². The van der Waals surface area contributed by atoms with Gasteiger partial charge in [-0.1, -0.05) is 88.4 Å². The Balaban J connectivity index is 0.933. The fourth-order valence-corrected chi connectivity index (χ4v) is 13.4. The Morgan fingerprint density at radius 2 is 1.28 bits per heavy atom. The number of para-hydroxylation sites is 2.